The van der Waals surface area contributed by atoms with Crippen LogP contribution in [0.4, 0.5) is 0 Å². The summed E-state index contributed by atoms with van der Waals surface area (Å²) in [4.78, 5) is 6.92. The predicted molar refractivity (Wildman–Crippen MR) is 128 cm³/mol. The lowest BCUT2D eigenvalue weighted by atomic mass is 9.84. The maximum atomic E-state index is 5.45. The largest absolute Gasteiger partial charge is 0.493 e. The van der Waals surface area contributed by atoms with E-state index in [1.165, 1.54) is 24.9 Å². The van der Waals surface area contributed by atoms with Crippen LogP contribution in [0.3, 0.4) is 0 Å². The Morgan fingerprint density at radius 2 is 1.93 bits per heavy atom. The molecule has 0 aromatic heterocycles. The van der Waals surface area contributed by atoms with Gasteiger partial charge in [-0.1, -0.05) is 26.8 Å². The quantitative estimate of drug-likeness (QED) is 0.324. The number of aliphatic imine (C=N–C) groups is 1. The molecule has 0 bridgehead atoms. The number of halogens is 1. The van der Waals surface area contributed by atoms with Gasteiger partial charge in [-0.2, -0.15) is 0 Å². The molecule has 1 unspecified atom stereocenters. The number of guanidine groups is 1. The van der Waals surface area contributed by atoms with Crippen LogP contribution in [0.15, 0.2) is 23.2 Å². The molecule has 160 valence electrons. The van der Waals surface area contributed by atoms with E-state index in [0.29, 0.717) is 6.04 Å². The van der Waals surface area contributed by atoms with Gasteiger partial charge >= 0.3 is 0 Å². The van der Waals surface area contributed by atoms with Crippen LogP contribution in [-0.4, -0.2) is 64.3 Å². The Kier molecular flexibility index (Phi) is 10.4. The SMILES string of the molecule is CCN1CCCC1CNC(=NC)NCC(C)(C)c1ccc(OC)c(OC)c1.I. The Bertz CT molecular complexity index is 637. The molecule has 2 rings (SSSR count). The molecule has 1 heterocycles. The molecule has 1 saturated heterocycles. The van der Waals surface area contributed by atoms with Gasteiger partial charge in [-0.05, 0) is 43.6 Å². The molecule has 0 spiro atoms. The van der Waals surface area contributed by atoms with Crippen molar-refractivity contribution in [1.82, 2.24) is 15.5 Å². The molecule has 1 aromatic carbocycles. The zero-order valence-electron chi connectivity index (χ0n) is 18.2. The van der Waals surface area contributed by atoms with Gasteiger partial charge in [-0.15, -0.1) is 24.0 Å². The van der Waals surface area contributed by atoms with E-state index in [1.807, 2.05) is 19.2 Å². The summed E-state index contributed by atoms with van der Waals surface area (Å²) in [7, 11) is 5.15. The van der Waals surface area contributed by atoms with Gasteiger partial charge in [0.2, 0.25) is 0 Å². The number of likely N-dealkylation sites (N-methyl/N-ethyl adjacent to an activating group) is 1. The molecule has 7 heteroatoms. The Labute approximate surface area is 187 Å². The average Bonchev–Trinajstić information content (AvgIpc) is 3.15. The van der Waals surface area contributed by atoms with Gasteiger partial charge in [0.15, 0.2) is 17.5 Å². The van der Waals surface area contributed by atoms with Gasteiger partial charge in [0.05, 0.1) is 14.2 Å². The number of nitrogens with one attached hydrogen (secondary N) is 2. The Balaban J connectivity index is 0.00000392. The number of benzene rings is 1. The number of nitrogens with zero attached hydrogens (tertiary/aromatic N) is 2. The first-order chi connectivity index (χ1) is 12.9. The van der Waals surface area contributed by atoms with Crippen molar-refractivity contribution in [3.05, 3.63) is 23.8 Å². The molecule has 0 saturated carbocycles. The van der Waals surface area contributed by atoms with E-state index >= 15 is 0 Å². The van der Waals surface area contributed by atoms with E-state index in [1.54, 1.807) is 14.2 Å². The summed E-state index contributed by atoms with van der Waals surface area (Å²) in [5.41, 5.74) is 1.11. The molecule has 6 nitrogen and oxygen atoms in total. The lowest BCUT2D eigenvalue weighted by Crippen LogP contribution is -2.47. The second kappa shape index (κ2) is 11.7. The maximum absolute atomic E-state index is 5.45. The second-order valence-electron chi connectivity index (χ2n) is 7.68. The van der Waals surface area contributed by atoms with Gasteiger partial charge in [0, 0.05) is 31.6 Å². The molecular weight excluding hydrogens is 467 g/mol. The first kappa shape index (κ1) is 24.8. The molecule has 1 aliphatic heterocycles. The zero-order valence-corrected chi connectivity index (χ0v) is 20.5. The smallest absolute Gasteiger partial charge is 0.191 e. The van der Waals surface area contributed by atoms with E-state index < -0.39 is 0 Å². The molecule has 1 atom stereocenters. The predicted octanol–water partition coefficient (Wildman–Crippen LogP) is 3.25. The third-order valence-corrected chi connectivity index (χ3v) is 5.50. The van der Waals surface area contributed by atoms with Crippen molar-refractivity contribution in [2.45, 2.75) is 45.1 Å². The van der Waals surface area contributed by atoms with Crippen molar-refractivity contribution < 1.29 is 9.47 Å². The topological polar surface area (TPSA) is 58.1 Å². The number of hydrogen-bond donors (Lipinski definition) is 2. The highest BCUT2D eigenvalue weighted by atomic mass is 127. The minimum absolute atomic E-state index is 0. The van der Waals surface area contributed by atoms with Gasteiger partial charge < -0.3 is 20.1 Å². The summed E-state index contributed by atoms with van der Waals surface area (Å²) in [6.45, 7) is 10.7. The highest BCUT2D eigenvalue weighted by molar-refractivity contribution is 14.0. The fourth-order valence-electron chi connectivity index (χ4n) is 3.64. The molecule has 1 aromatic rings. The normalized spacial score (nSPS) is 17.8. The molecule has 28 heavy (non-hydrogen) atoms. The van der Waals surface area contributed by atoms with Crippen LogP contribution < -0.4 is 20.1 Å². The molecule has 0 radical (unpaired) electrons. The monoisotopic (exact) mass is 504 g/mol. The van der Waals surface area contributed by atoms with E-state index in [9.17, 15) is 0 Å². The summed E-state index contributed by atoms with van der Waals surface area (Å²) in [5.74, 6) is 2.36. The van der Waals surface area contributed by atoms with Gasteiger partial charge in [-0.3, -0.25) is 9.89 Å². The number of methoxy groups -OCH3 is 2. The molecule has 0 aliphatic carbocycles. The average molecular weight is 504 g/mol. The van der Waals surface area contributed by atoms with Crippen molar-refractivity contribution in [2.75, 3.05) is 47.4 Å². The summed E-state index contributed by atoms with van der Waals surface area (Å²) in [5, 5.41) is 6.97. The fourth-order valence-corrected chi connectivity index (χ4v) is 3.64. The van der Waals surface area contributed by atoms with Gasteiger partial charge in [0.25, 0.3) is 0 Å². The van der Waals surface area contributed by atoms with Crippen LogP contribution in [0.5, 0.6) is 11.5 Å². The standard InChI is InChI=1S/C21H36N4O2.HI/c1-7-25-12-8-9-17(25)14-23-20(22-4)24-15-21(2,3)16-10-11-18(26-5)19(13-16)27-6;/h10-11,13,17H,7-9,12,14-15H2,1-6H3,(H2,22,23,24);1H. The van der Waals surface area contributed by atoms with E-state index in [-0.39, 0.29) is 29.4 Å². The van der Waals surface area contributed by atoms with Crippen molar-refractivity contribution in [2.24, 2.45) is 4.99 Å². The van der Waals surface area contributed by atoms with E-state index in [4.69, 9.17) is 9.47 Å². The molecular formula is C21H37IN4O2. The number of likely N-dealkylation sites (tertiary alicyclic amines) is 1. The molecule has 0 amide bonds. The number of hydrogen-bond acceptors (Lipinski definition) is 4. The fraction of sp³-hybridized carbons (Fsp3) is 0.667. The lowest BCUT2D eigenvalue weighted by molar-refractivity contribution is 0.267. The molecule has 2 N–H and O–H groups in total. The lowest BCUT2D eigenvalue weighted by Gasteiger charge is -2.28. The maximum Gasteiger partial charge on any atom is 0.191 e. The van der Waals surface area contributed by atoms with Crippen LogP contribution in [0, 0.1) is 0 Å². The first-order valence-corrected chi connectivity index (χ1v) is 9.86. The van der Waals surface area contributed by atoms with Crippen molar-refractivity contribution in [3.63, 3.8) is 0 Å². The third kappa shape index (κ3) is 6.40. The van der Waals surface area contributed by atoms with E-state index in [2.05, 4.69) is 47.4 Å². The van der Waals surface area contributed by atoms with Crippen LogP contribution in [0.1, 0.15) is 39.2 Å². The first-order valence-electron chi connectivity index (χ1n) is 9.86. The highest BCUT2D eigenvalue weighted by Gasteiger charge is 2.25. The summed E-state index contributed by atoms with van der Waals surface area (Å²) < 4.78 is 10.8. The Morgan fingerprint density at radius 3 is 2.54 bits per heavy atom. The van der Waals surface area contributed by atoms with Crippen LogP contribution in [0.25, 0.3) is 0 Å². The van der Waals surface area contributed by atoms with Gasteiger partial charge in [0.1, 0.15) is 0 Å². The summed E-state index contributed by atoms with van der Waals surface area (Å²) >= 11 is 0. The van der Waals surface area contributed by atoms with Gasteiger partial charge in [-0.25, -0.2) is 0 Å². The second-order valence-corrected chi connectivity index (χ2v) is 7.68. The highest BCUT2D eigenvalue weighted by Crippen LogP contribution is 2.32. The minimum Gasteiger partial charge on any atom is -0.493 e. The Hall–Kier alpha value is -1.22. The number of rotatable bonds is 8. The van der Waals surface area contributed by atoms with Crippen LogP contribution in [-0.2, 0) is 5.41 Å². The summed E-state index contributed by atoms with van der Waals surface area (Å²) in [6.07, 6.45) is 2.55. The summed E-state index contributed by atoms with van der Waals surface area (Å²) in [6, 6.07) is 6.71. The minimum atomic E-state index is -0.0833. The molecule has 1 aliphatic rings. The number of ether oxygens (including phenoxy) is 2. The van der Waals surface area contributed by atoms with Crippen LogP contribution >= 0.6 is 24.0 Å². The molecule has 1 fully saturated rings. The van der Waals surface area contributed by atoms with E-state index in [0.717, 1.165) is 37.1 Å². The van der Waals surface area contributed by atoms with Crippen molar-refractivity contribution >= 4 is 29.9 Å². The zero-order chi connectivity index (χ0) is 19.9. The third-order valence-electron chi connectivity index (χ3n) is 5.50. The van der Waals surface area contributed by atoms with Crippen LogP contribution in [0.2, 0.25) is 0 Å². The van der Waals surface area contributed by atoms with Crippen molar-refractivity contribution in [1.29, 1.82) is 0 Å². The van der Waals surface area contributed by atoms with Crippen molar-refractivity contribution in [3.8, 4) is 11.5 Å². The Morgan fingerprint density at radius 1 is 1.21 bits per heavy atom.